The lowest BCUT2D eigenvalue weighted by Gasteiger charge is -2.07. The van der Waals surface area contributed by atoms with Crippen molar-refractivity contribution in [1.29, 1.82) is 0 Å². The van der Waals surface area contributed by atoms with E-state index < -0.39 is 0 Å². The van der Waals surface area contributed by atoms with Gasteiger partial charge in [0.15, 0.2) is 0 Å². The van der Waals surface area contributed by atoms with Crippen LogP contribution in [-0.4, -0.2) is 23.5 Å². The molecule has 0 aliphatic carbocycles. The number of aliphatic hydroxyl groups excluding tert-OH is 1. The van der Waals surface area contributed by atoms with Crippen molar-refractivity contribution in [3.8, 4) is 0 Å². The van der Waals surface area contributed by atoms with Crippen molar-refractivity contribution in [2.24, 2.45) is 5.73 Å². The molecule has 14 heavy (non-hydrogen) atoms. The molecule has 0 fully saturated rings. The summed E-state index contributed by atoms with van der Waals surface area (Å²) in [6.07, 6.45) is 0.690. The number of hydrogen-bond donors (Lipinski definition) is 2. The third-order valence-corrected chi connectivity index (χ3v) is 2.90. The first-order chi connectivity index (χ1) is 6.74. The molecule has 4 heteroatoms. The summed E-state index contributed by atoms with van der Waals surface area (Å²) in [5.41, 5.74) is 5.52. The molecular formula is C10H14FNOS. The van der Waals surface area contributed by atoms with E-state index in [4.69, 9.17) is 10.8 Å². The lowest BCUT2D eigenvalue weighted by atomic mass is 10.3. The number of hydrogen-bond acceptors (Lipinski definition) is 3. The summed E-state index contributed by atoms with van der Waals surface area (Å²) in [5, 5.41) is 8.68. The molecule has 1 atom stereocenters. The Morgan fingerprint density at radius 3 is 2.79 bits per heavy atom. The van der Waals surface area contributed by atoms with Gasteiger partial charge in [0.1, 0.15) is 5.82 Å². The topological polar surface area (TPSA) is 46.2 Å². The van der Waals surface area contributed by atoms with Crippen molar-refractivity contribution < 1.29 is 9.50 Å². The zero-order chi connectivity index (χ0) is 10.4. The molecule has 0 aliphatic heterocycles. The summed E-state index contributed by atoms with van der Waals surface area (Å²) in [4.78, 5) is 0.637. The maximum atomic E-state index is 13.1. The van der Waals surface area contributed by atoms with Crippen LogP contribution in [-0.2, 0) is 0 Å². The fraction of sp³-hybridized carbons (Fsp3) is 0.400. The number of nitrogens with two attached hydrogens (primary N) is 1. The van der Waals surface area contributed by atoms with E-state index in [-0.39, 0.29) is 18.5 Å². The molecule has 0 spiro atoms. The predicted molar refractivity (Wildman–Crippen MR) is 56.8 cm³/mol. The van der Waals surface area contributed by atoms with Crippen LogP contribution >= 0.6 is 11.8 Å². The first-order valence-corrected chi connectivity index (χ1v) is 5.46. The van der Waals surface area contributed by atoms with Gasteiger partial charge < -0.3 is 10.8 Å². The van der Waals surface area contributed by atoms with E-state index in [2.05, 4.69) is 0 Å². The van der Waals surface area contributed by atoms with Gasteiger partial charge in [0, 0.05) is 10.9 Å². The molecule has 1 aromatic rings. The maximum absolute atomic E-state index is 13.1. The van der Waals surface area contributed by atoms with Crippen LogP contribution in [0.2, 0.25) is 0 Å². The second kappa shape index (κ2) is 6.01. The fourth-order valence-electron chi connectivity index (χ4n) is 0.973. The van der Waals surface area contributed by atoms with Crippen molar-refractivity contribution in [3.05, 3.63) is 30.1 Å². The fourth-order valence-corrected chi connectivity index (χ4v) is 1.99. The largest absolute Gasteiger partial charge is 0.395 e. The highest BCUT2D eigenvalue weighted by molar-refractivity contribution is 7.99. The Labute approximate surface area is 87.3 Å². The first-order valence-electron chi connectivity index (χ1n) is 4.48. The van der Waals surface area contributed by atoms with E-state index in [1.165, 1.54) is 17.8 Å². The highest BCUT2D eigenvalue weighted by atomic mass is 32.2. The molecule has 0 saturated heterocycles. The molecule has 1 aromatic carbocycles. The first kappa shape index (κ1) is 11.5. The van der Waals surface area contributed by atoms with E-state index in [0.29, 0.717) is 11.3 Å². The Balaban J connectivity index is 2.35. The van der Waals surface area contributed by atoms with Gasteiger partial charge in [-0.15, -0.1) is 11.8 Å². The number of aliphatic hydroxyl groups is 1. The summed E-state index contributed by atoms with van der Waals surface area (Å²) >= 11 is 1.42. The normalized spacial score (nSPS) is 12.8. The van der Waals surface area contributed by atoms with Crippen molar-refractivity contribution >= 4 is 11.8 Å². The monoisotopic (exact) mass is 215 g/mol. The Hall–Kier alpha value is -0.580. The van der Waals surface area contributed by atoms with Gasteiger partial charge in [-0.05, 0) is 24.3 Å². The van der Waals surface area contributed by atoms with Crippen molar-refractivity contribution in [1.82, 2.24) is 0 Å². The molecule has 78 valence electrons. The van der Waals surface area contributed by atoms with E-state index in [9.17, 15) is 4.39 Å². The van der Waals surface area contributed by atoms with E-state index in [1.54, 1.807) is 18.2 Å². The quantitative estimate of drug-likeness (QED) is 0.734. The molecule has 0 aliphatic rings. The summed E-state index contributed by atoms with van der Waals surface area (Å²) in [6.45, 7) is -0.0160. The summed E-state index contributed by atoms with van der Waals surface area (Å²) < 4.78 is 13.1. The molecule has 3 N–H and O–H groups in total. The van der Waals surface area contributed by atoms with Crippen LogP contribution in [0.3, 0.4) is 0 Å². The number of rotatable bonds is 5. The molecule has 0 radical (unpaired) electrons. The molecule has 1 rings (SSSR count). The second-order valence-corrected chi connectivity index (χ2v) is 4.15. The average molecular weight is 215 g/mol. The minimum absolute atomic E-state index is 0.0160. The van der Waals surface area contributed by atoms with Crippen LogP contribution in [0, 0.1) is 5.82 Å². The smallest absolute Gasteiger partial charge is 0.136 e. The molecule has 0 bridgehead atoms. The van der Waals surface area contributed by atoms with E-state index >= 15 is 0 Å². The molecule has 0 saturated carbocycles. The SMILES string of the molecule is NC(CO)CCSc1ccccc1F. The third kappa shape index (κ3) is 3.65. The van der Waals surface area contributed by atoms with E-state index in [0.717, 1.165) is 5.75 Å². The molecule has 1 unspecified atom stereocenters. The maximum Gasteiger partial charge on any atom is 0.136 e. The minimum Gasteiger partial charge on any atom is -0.395 e. The van der Waals surface area contributed by atoms with Gasteiger partial charge in [-0.3, -0.25) is 0 Å². The zero-order valence-electron chi connectivity index (χ0n) is 7.82. The van der Waals surface area contributed by atoms with Crippen LogP contribution in [0.4, 0.5) is 4.39 Å². The number of halogens is 1. The van der Waals surface area contributed by atoms with Gasteiger partial charge in [-0.25, -0.2) is 4.39 Å². The number of thioether (sulfide) groups is 1. The van der Waals surface area contributed by atoms with E-state index in [1.807, 2.05) is 0 Å². The van der Waals surface area contributed by atoms with Gasteiger partial charge >= 0.3 is 0 Å². The predicted octanol–water partition coefficient (Wildman–Crippen LogP) is 1.63. The Kier molecular flexibility index (Phi) is 4.93. The standard InChI is InChI=1S/C10H14FNOS/c11-9-3-1-2-4-10(9)14-6-5-8(12)7-13/h1-4,8,13H,5-7,12H2. The molecule has 0 amide bonds. The van der Waals surface area contributed by atoms with Gasteiger partial charge in [-0.1, -0.05) is 12.1 Å². The van der Waals surface area contributed by atoms with Crippen molar-refractivity contribution in [3.63, 3.8) is 0 Å². The number of benzene rings is 1. The van der Waals surface area contributed by atoms with Crippen LogP contribution in [0.5, 0.6) is 0 Å². The lowest BCUT2D eigenvalue weighted by Crippen LogP contribution is -2.24. The zero-order valence-corrected chi connectivity index (χ0v) is 8.64. The average Bonchev–Trinajstić information content (AvgIpc) is 2.20. The summed E-state index contributed by atoms with van der Waals surface area (Å²) in [7, 11) is 0. The van der Waals surface area contributed by atoms with Crippen molar-refractivity contribution in [2.45, 2.75) is 17.4 Å². The molecular weight excluding hydrogens is 201 g/mol. The van der Waals surface area contributed by atoms with Crippen molar-refractivity contribution in [2.75, 3.05) is 12.4 Å². The van der Waals surface area contributed by atoms with Gasteiger partial charge in [-0.2, -0.15) is 0 Å². The summed E-state index contributed by atoms with van der Waals surface area (Å²) in [5.74, 6) is 0.526. The lowest BCUT2D eigenvalue weighted by molar-refractivity contribution is 0.264. The Morgan fingerprint density at radius 1 is 1.43 bits per heavy atom. The van der Waals surface area contributed by atoms with Crippen LogP contribution < -0.4 is 5.73 Å². The highest BCUT2D eigenvalue weighted by Crippen LogP contribution is 2.21. The minimum atomic E-state index is -0.200. The van der Waals surface area contributed by atoms with Crippen LogP contribution in [0.1, 0.15) is 6.42 Å². The summed E-state index contributed by atoms with van der Waals surface area (Å²) in [6, 6.07) is 6.45. The van der Waals surface area contributed by atoms with Gasteiger partial charge in [0.05, 0.1) is 6.61 Å². The molecule has 0 heterocycles. The molecule has 2 nitrogen and oxygen atoms in total. The molecule has 0 aromatic heterocycles. The van der Waals surface area contributed by atoms with Gasteiger partial charge in [0.2, 0.25) is 0 Å². The highest BCUT2D eigenvalue weighted by Gasteiger charge is 2.03. The van der Waals surface area contributed by atoms with Crippen LogP contribution in [0.15, 0.2) is 29.2 Å². The third-order valence-electron chi connectivity index (χ3n) is 1.82. The van der Waals surface area contributed by atoms with Gasteiger partial charge in [0.25, 0.3) is 0 Å². The second-order valence-electron chi connectivity index (χ2n) is 3.01. The Bertz CT molecular complexity index is 283. The Morgan fingerprint density at radius 2 is 2.14 bits per heavy atom. The van der Waals surface area contributed by atoms with Crippen LogP contribution in [0.25, 0.3) is 0 Å².